The van der Waals surface area contributed by atoms with Crippen molar-refractivity contribution >= 4 is 23.3 Å². The minimum absolute atomic E-state index is 0.629. The normalized spacial score (nSPS) is 11.0. The molecular weight excluding hydrogens is 280 g/mol. The van der Waals surface area contributed by atoms with Crippen LogP contribution < -0.4 is 0 Å². The van der Waals surface area contributed by atoms with Gasteiger partial charge in [0.05, 0.1) is 11.6 Å². The zero-order chi connectivity index (χ0) is 15.2. The van der Waals surface area contributed by atoms with Crippen LogP contribution in [0.3, 0.4) is 0 Å². The van der Waals surface area contributed by atoms with Gasteiger partial charge in [0.2, 0.25) is 0 Å². The van der Waals surface area contributed by atoms with Crippen molar-refractivity contribution in [2.24, 2.45) is 0 Å². The number of halogens is 1. The van der Waals surface area contributed by atoms with E-state index >= 15 is 0 Å². The van der Waals surface area contributed by atoms with Crippen LogP contribution in [0.1, 0.15) is 25.1 Å². The fourth-order valence-corrected chi connectivity index (χ4v) is 2.09. The molecule has 0 fully saturated rings. The van der Waals surface area contributed by atoms with E-state index in [9.17, 15) is 5.26 Å². The van der Waals surface area contributed by atoms with Crippen molar-refractivity contribution in [1.82, 2.24) is 4.57 Å². The van der Waals surface area contributed by atoms with E-state index in [0.29, 0.717) is 10.6 Å². The maximum atomic E-state index is 9.38. The summed E-state index contributed by atoms with van der Waals surface area (Å²) in [5, 5.41) is 10.1. The topological polar surface area (TPSA) is 28.7 Å². The predicted octanol–water partition coefficient (Wildman–Crippen LogP) is 5.17. The maximum Gasteiger partial charge on any atom is 0.0998 e. The average Bonchev–Trinajstić information content (AvgIpc) is 2.91. The molecule has 1 aromatic heterocycles. The molecule has 0 atom stereocenters. The Labute approximate surface area is 130 Å². The first-order valence-electron chi connectivity index (χ1n) is 6.76. The fourth-order valence-electron chi connectivity index (χ4n) is 1.96. The lowest BCUT2D eigenvalue weighted by Crippen LogP contribution is -1.96. The highest BCUT2D eigenvalue weighted by molar-refractivity contribution is 6.30. The molecule has 1 heterocycles. The summed E-state index contributed by atoms with van der Waals surface area (Å²) in [7, 11) is 0. The second-order valence-electron chi connectivity index (χ2n) is 5.04. The first kappa shape index (κ1) is 15.2. The zero-order valence-corrected chi connectivity index (χ0v) is 12.9. The van der Waals surface area contributed by atoms with Gasteiger partial charge >= 0.3 is 0 Å². The van der Waals surface area contributed by atoms with Gasteiger partial charge in [-0.25, -0.2) is 0 Å². The van der Waals surface area contributed by atoms with E-state index in [1.54, 1.807) is 12.1 Å². The number of rotatable bonds is 4. The molecule has 0 radical (unpaired) electrons. The number of nitrogens with zero attached hydrogens (tertiary/aromatic N) is 2. The van der Waals surface area contributed by atoms with Crippen LogP contribution in [0, 0.1) is 11.3 Å². The van der Waals surface area contributed by atoms with Crippen LogP contribution in [0.4, 0.5) is 0 Å². The number of hydrogen-bond donors (Lipinski definition) is 0. The second kappa shape index (κ2) is 6.97. The summed E-state index contributed by atoms with van der Waals surface area (Å²) in [6.07, 6.45) is 6.08. The van der Waals surface area contributed by atoms with Gasteiger partial charge in [-0.15, -0.1) is 0 Å². The van der Waals surface area contributed by atoms with Gasteiger partial charge in [-0.1, -0.05) is 35.4 Å². The first-order valence-corrected chi connectivity index (χ1v) is 7.14. The number of aromatic nitrogens is 1. The van der Waals surface area contributed by atoms with Crippen LogP contribution in [-0.2, 0) is 6.54 Å². The Morgan fingerprint density at radius 2 is 1.95 bits per heavy atom. The van der Waals surface area contributed by atoms with E-state index in [1.165, 1.54) is 5.57 Å². The fraction of sp³-hybridized carbons (Fsp3) is 0.167. The highest BCUT2D eigenvalue weighted by Gasteiger charge is 2.03. The zero-order valence-electron chi connectivity index (χ0n) is 12.2. The third-order valence-electron chi connectivity index (χ3n) is 3.13. The van der Waals surface area contributed by atoms with Crippen LogP contribution in [0.15, 0.2) is 54.2 Å². The number of allylic oxidation sites excluding steroid dienone is 3. The van der Waals surface area contributed by atoms with Gasteiger partial charge < -0.3 is 4.57 Å². The average molecular weight is 297 g/mol. The summed E-state index contributed by atoms with van der Waals surface area (Å²) in [5.41, 5.74) is 3.79. The van der Waals surface area contributed by atoms with E-state index in [-0.39, 0.29) is 0 Å². The quantitative estimate of drug-likeness (QED) is 0.565. The minimum atomic E-state index is 0.629. The van der Waals surface area contributed by atoms with Gasteiger partial charge in [-0.05, 0) is 49.8 Å². The molecule has 2 nitrogen and oxygen atoms in total. The predicted molar refractivity (Wildman–Crippen MR) is 88.8 cm³/mol. The Hall–Kier alpha value is -2.24. The van der Waals surface area contributed by atoms with E-state index in [1.807, 2.05) is 36.5 Å². The third kappa shape index (κ3) is 4.11. The molecule has 0 unspecified atom stereocenters. The molecule has 0 aliphatic carbocycles. The van der Waals surface area contributed by atoms with Crippen molar-refractivity contribution in [2.45, 2.75) is 20.4 Å². The molecule has 3 heteroatoms. The van der Waals surface area contributed by atoms with Gasteiger partial charge in [0, 0.05) is 23.5 Å². The van der Waals surface area contributed by atoms with Crippen LogP contribution in [0.5, 0.6) is 0 Å². The Bertz CT molecular complexity index is 708. The van der Waals surface area contributed by atoms with Crippen LogP contribution in [0.25, 0.3) is 11.6 Å². The summed E-state index contributed by atoms with van der Waals surface area (Å²) in [6.45, 7) is 4.96. The lowest BCUT2D eigenvalue weighted by molar-refractivity contribution is 0.815. The lowest BCUT2D eigenvalue weighted by atomic mass is 10.1. The summed E-state index contributed by atoms with van der Waals surface area (Å²) < 4.78 is 2.11. The second-order valence-corrected chi connectivity index (χ2v) is 5.48. The van der Waals surface area contributed by atoms with Crippen molar-refractivity contribution in [3.05, 3.63) is 70.5 Å². The molecule has 0 saturated carbocycles. The SMILES string of the molecule is CC(C)=CCn1cccc1/C=C(\C#N)c1ccc(Cl)cc1. The Morgan fingerprint density at radius 1 is 1.24 bits per heavy atom. The van der Waals surface area contributed by atoms with E-state index < -0.39 is 0 Å². The van der Waals surface area contributed by atoms with E-state index in [4.69, 9.17) is 11.6 Å². The van der Waals surface area contributed by atoms with Gasteiger partial charge in [0.15, 0.2) is 0 Å². The molecule has 0 saturated heterocycles. The molecule has 1 aromatic carbocycles. The summed E-state index contributed by atoms with van der Waals surface area (Å²) in [4.78, 5) is 0. The number of benzene rings is 1. The van der Waals surface area contributed by atoms with Crippen molar-refractivity contribution in [1.29, 1.82) is 5.26 Å². The van der Waals surface area contributed by atoms with Crippen LogP contribution in [0.2, 0.25) is 5.02 Å². The first-order chi connectivity index (χ1) is 10.1. The Kier molecular flexibility index (Phi) is 5.03. The Balaban J connectivity index is 2.33. The molecule has 106 valence electrons. The van der Waals surface area contributed by atoms with Crippen LogP contribution >= 0.6 is 11.6 Å². The van der Waals surface area contributed by atoms with E-state index in [2.05, 4.69) is 30.6 Å². The highest BCUT2D eigenvalue weighted by atomic mass is 35.5. The maximum absolute atomic E-state index is 9.38. The van der Waals surface area contributed by atoms with Crippen molar-refractivity contribution in [3.8, 4) is 6.07 Å². The molecule has 0 amide bonds. The van der Waals surface area contributed by atoms with Gasteiger partial charge in [0.1, 0.15) is 0 Å². The molecule has 0 N–H and O–H groups in total. The van der Waals surface area contributed by atoms with Crippen molar-refractivity contribution < 1.29 is 0 Å². The standard InChI is InChI=1S/C18H17ClN2/c1-14(2)9-11-21-10-3-4-18(21)12-16(13-20)15-5-7-17(19)8-6-15/h3-10,12H,11H2,1-2H3/b16-12+. The third-order valence-corrected chi connectivity index (χ3v) is 3.38. The number of nitriles is 1. The minimum Gasteiger partial charge on any atom is -0.344 e. The number of hydrogen-bond acceptors (Lipinski definition) is 1. The van der Waals surface area contributed by atoms with Crippen molar-refractivity contribution in [2.75, 3.05) is 0 Å². The summed E-state index contributed by atoms with van der Waals surface area (Å²) in [6, 6.07) is 13.6. The van der Waals surface area contributed by atoms with Crippen LogP contribution in [-0.4, -0.2) is 4.57 Å². The molecule has 2 aromatic rings. The summed E-state index contributed by atoms with van der Waals surface area (Å²) in [5.74, 6) is 0. The smallest absolute Gasteiger partial charge is 0.0998 e. The highest BCUT2D eigenvalue weighted by Crippen LogP contribution is 2.20. The molecular formula is C18H17ClN2. The molecule has 0 bridgehead atoms. The van der Waals surface area contributed by atoms with Gasteiger partial charge in [-0.2, -0.15) is 5.26 Å². The molecule has 0 aliphatic heterocycles. The monoisotopic (exact) mass is 296 g/mol. The molecule has 0 spiro atoms. The van der Waals surface area contributed by atoms with Crippen molar-refractivity contribution in [3.63, 3.8) is 0 Å². The molecule has 21 heavy (non-hydrogen) atoms. The molecule has 0 aliphatic rings. The lowest BCUT2D eigenvalue weighted by Gasteiger charge is -2.05. The van der Waals surface area contributed by atoms with Gasteiger partial charge in [-0.3, -0.25) is 0 Å². The largest absolute Gasteiger partial charge is 0.344 e. The molecule has 2 rings (SSSR count). The van der Waals surface area contributed by atoms with E-state index in [0.717, 1.165) is 17.8 Å². The summed E-state index contributed by atoms with van der Waals surface area (Å²) >= 11 is 5.89. The Morgan fingerprint density at radius 3 is 2.57 bits per heavy atom. The van der Waals surface area contributed by atoms with Gasteiger partial charge in [0.25, 0.3) is 0 Å².